The summed E-state index contributed by atoms with van der Waals surface area (Å²) >= 11 is 0. The smallest absolute Gasteiger partial charge is 0.209 e. The van der Waals surface area contributed by atoms with Crippen molar-refractivity contribution in [2.75, 3.05) is 5.84 Å². The van der Waals surface area contributed by atoms with Crippen LogP contribution >= 0.6 is 0 Å². The molecule has 1 heterocycles. The van der Waals surface area contributed by atoms with Gasteiger partial charge in [-0.1, -0.05) is 4.79 Å². The van der Waals surface area contributed by atoms with E-state index in [1.807, 2.05) is 0 Å². The lowest BCUT2D eigenvalue weighted by Crippen LogP contribution is -2.51. The van der Waals surface area contributed by atoms with Crippen LogP contribution in [-0.2, 0) is 7.05 Å². The molecule has 0 aliphatic carbocycles. The van der Waals surface area contributed by atoms with Crippen LogP contribution in [0, 0.1) is 0 Å². The van der Waals surface area contributed by atoms with Gasteiger partial charge in [0.1, 0.15) is 0 Å². The minimum absolute atomic E-state index is 1.39. The Hall–Kier alpha value is -1.06. The van der Waals surface area contributed by atoms with Gasteiger partial charge in [0.25, 0.3) is 0 Å². The van der Waals surface area contributed by atoms with E-state index in [9.17, 15) is 0 Å². The van der Waals surface area contributed by atoms with Crippen LogP contribution in [0.4, 0.5) is 0 Å². The van der Waals surface area contributed by atoms with Crippen LogP contribution in [0.3, 0.4) is 0 Å². The van der Waals surface area contributed by atoms with Crippen LogP contribution in [0.2, 0.25) is 0 Å². The van der Waals surface area contributed by atoms with Crippen molar-refractivity contribution < 1.29 is 4.79 Å². The van der Waals surface area contributed by atoms with Gasteiger partial charge in [-0.25, -0.2) is 0 Å². The predicted octanol–water partition coefficient (Wildman–Crippen LogP) is -1.58. The van der Waals surface area contributed by atoms with Gasteiger partial charge in [0.2, 0.25) is 6.20 Å². The molecule has 0 aliphatic rings. The summed E-state index contributed by atoms with van der Waals surface area (Å²) in [6.07, 6.45) is 3.29. The molecule has 0 fully saturated rings. The topological polar surface area (TPSA) is 47.7 Å². The van der Waals surface area contributed by atoms with Crippen molar-refractivity contribution in [3.63, 3.8) is 0 Å². The number of rotatable bonds is 0. The molecule has 1 aromatic heterocycles. The lowest BCUT2D eigenvalue weighted by molar-refractivity contribution is -0.726. The zero-order valence-electron chi connectivity index (χ0n) is 4.07. The van der Waals surface area contributed by atoms with Gasteiger partial charge in [-0.15, -0.1) is 0 Å². The normalized spacial score (nSPS) is 9.29. The van der Waals surface area contributed by atoms with Gasteiger partial charge in [-0.2, -0.15) is 0 Å². The minimum Gasteiger partial charge on any atom is -0.251 e. The molecule has 0 aliphatic heterocycles. The van der Waals surface area contributed by atoms with E-state index in [1.165, 1.54) is 9.59 Å². The van der Waals surface area contributed by atoms with Gasteiger partial charge in [0, 0.05) is 5.10 Å². The maximum atomic E-state index is 5.26. The first kappa shape index (κ1) is 4.11. The molecule has 0 atom stereocenters. The van der Waals surface area contributed by atoms with Crippen molar-refractivity contribution >= 4 is 0 Å². The summed E-state index contributed by atoms with van der Waals surface area (Å²) in [5.74, 6) is 5.26. The summed E-state index contributed by atoms with van der Waals surface area (Å²) < 4.78 is 0. The quantitative estimate of drug-likeness (QED) is 0.315. The van der Waals surface area contributed by atoms with E-state index in [2.05, 4.69) is 5.10 Å². The van der Waals surface area contributed by atoms with Crippen LogP contribution in [0.5, 0.6) is 0 Å². The molecule has 38 valence electrons. The summed E-state index contributed by atoms with van der Waals surface area (Å²) in [5, 5.41) is 3.77. The van der Waals surface area contributed by atoms with Crippen molar-refractivity contribution in [3.8, 4) is 0 Å². The molecule has 1 rings (SSSR count). The standard InChI is InChI=1S/C3H7N4/c1-6-5-2-3-7(6)4/h2-3H,4H2,1H3/q+1. The highest BCUT2D eigenvalue weighted by atomic mass is 15.6. The maximum Gasteiger partial charge on any atom is 0.209 e. The summed E-state index contributed by atoms with van der Waals surface area (Å²) in [6, 6.07) is 0. The van der Waals surface area contributed by atoms with Gasteiger partial charge in [0.05, 0.1) is 7.05 Å². The lowest BCUT2D eigenvalue weighted by atomic mass is 11.0. The second kappa shape index (κ2) is 1.22. The highest BCUT2D eigenvalue weighted by Gasteiger charge is 1.93. The molecule has 1 aromatic rings. The number of hydrogen-bond donors (Lipinski definition) is 1. The zero-order chi connectivity index (χ0) is 5.28. The molecule has 4 heteroatoms. The SMILES string of the molecule is Cn1ncc[n+]1N. The van der Waals surface area contributed by atoms with Crippen molar-refractivity contribution in [2.45, 2.75) is 0 Å². The first-order valence-corrected chi connectivity index (χ1v) is 1.96. The largest absolute Gasteiger partial charge is 0.251 e. The molecule has 0 saturated heterocycles. The van der Waals surface area contributed by atoms with E-state index in [0.717, 1.165) is 0 Å². The molecular weight excluding hydrogens is 92.1 g/mol. The minimum atomic E-state index is 1.39. The van der Waals surface area contributed by atoms with E-state index in [-0.39, 0.29) is 0 Å². The molecular formula is C3H7N4+. The predicted molar refractivity (Wildman–Crippen MR) is 23.6 cm³/mol. The molecule has 7 heavy (non-hydrogen) atoms. The molecule has 0 aromatic carbocycles. The van der Waals surface area contributed by atoms with Crippen LogP contribution in [-0.4, -0.2) is 9.90 Å². The van der Waals surface area contributed by atoms with E-state index >= 15 is 0 Å². The fourth-order valence-corrected chi connectivity index (χ4v) is 0.351. The average Bonchev–Trinajstić information content (AvgIpc) is 1.91. The second-order valence-corrected chi connectivity index (χ2v) is 1.28. The Bertz CT molecular complexity index is 139. The van der Waals surface area contributed by atoms with Gasteiger partial charge in [-0.3, -0.25) is 5.84 Å². The molecule has 0 saturated carbocycles. The van der Waals surface area contributed by atoms with Gasteiger partial charge in [0.15, 0.2) is 6.20 Å². The first-order chi connectivity index (χ1) is 3.30. The zero-order valence-corrected chi connectivity index (χ0v) is 4.07. The monoisotopic (exact) mass is 99.1 g/mol. The van der Waals surface area contributed by atoms with Crippen LogP contribution in [0.25, 0.3) is 0 Å². The average molecular weight is 99.1 g/mol. The second-order valence-electron chi connectivity index (χ2n) is 1.28. The third-order valence-corrected chi connectivity index (χ3v) is 0.787. The van der Waals surface area contributed by atoms with Crippen LogP contribution in [0.15, 0.2) is 12.4 Å². The Balaban J connectivity index is 3.12. The Morgan fingerprint density at radius 3 is 2.71 bits per heavy atom. The molecule has 0 spiro atoms. The van der Waals surface area contributed by atoms with E-state index < -0.39 is 0 Å². The fourth-order valence-electron chi connectivity index (χ4n) is 0.351. The Labute approximate surface area is 41.1 Å². The Kier molecular flexibility index (Phi) is 0.714. The third-order valence-electron chi connectivity index (χ3n) is 0.787. The molecule has 4 nitrogen and oxygen atoms in total. The van der Waals surface area contributed by atoms with Crippen LogP contribution in [0.1, 0.15) is 0 Å². The first-order valence-electron chi connectivity index (χ1n) is 1.96. The number of nitrogens with two attached hydrogens (primary N) is 1. The van der Waals surface area contributed by atoms with Crippen molar-refractivity contribution in [1.82, 2.24) is 9.90 Å². The number of aryl methyl sites for hydroxylation is 1. The molecule has 0 unspecified atom stereocenters. The third kappa shape index (κ3) is 0.534. The number of nitrogens with zero attached hydrogens (tertiary/aromatic N) is 3. The van der Waals surface area contributed by atoms with Gasteiger partial charge in [-0.05, 0) is 4.80 Å². The summed E-state index contributed by atoms with van der Waals surface area (Å²) in [5.41, 5.74) is 0. The van der Waals surface area contributed by atoms with Crippen molar-refractivity contribution in [1.29, 1.82) is 0 Å². The summed E-state index contributed by atoms with van der Waals surface area (Å²) in [6.45, 7) is 0. The van der Waals surface area contributed by atoms with E-state index in [0.29, 0.717) is 0 Å². The van der Waals surface area contributed by atoms with Crippen molar-refractivity contribution in [2.24, 2.45) is 7.05 Å². The Morgan fingerprint density at radius 1 is 1.86 bits per heavy atom. The number of hydrogen-bond acceptors (Lipinski definition) is 2. The lowest BCUT2D eigenvalue weighted by Gasteiger charge is -1.80. The van der Waals surface area contributed by atoms with Gasteiger partial charge >= 0.3 is 0 Å². The highest BCUT2D eigenvalue weighted by Crippen LogP contribution is 1.59. The molecule has 0 amide bonds. The molecule has 0 bridgehead atoms. The number of nitrogen functional groups attached to an aromatic ring is 1. The van der Waals surface area contributed by atoms with Crippen LogP contribution < -0.4 is 10.6 Å². The molecule has 2 N–H and O–H groups in total. The summed E-state index contributed by atoms with van der Waals surface area (Å²) in [4.78, 5) is 2.92. The van der Waals surface area contributed by atoms with Gasteiger partial charge < -0.3 is 0 Å². The van der Waals surface area contributed by atoms with E-state index in [1.54, 1.807) is 19.4 Å². The van der Waals surface area contributed by atoms with E-state index in [4.69, 9.17) is 5.84 Å². The maximum absolute atomic E-state index is 5.26. The van der Waals surface area contributed by atoms with Crippen molar-refractivity contribution in [3.05, 3.63) is 12.4 Å². The fraction of sp³-hybridized carbons (Fsp3) is 0.333. The Morgan fingerprint density at radius 2 is 2.57 bits per heavy atom. The summed E-state index contributed by atoms with van der Waals surface area (Å²) in [7, 11) is 1.76. The number of aromatic nitrogens is 3. The molecule has 0 radical (unpaired) electrons. The highest BCUT2D eigenvalue weighted by molar-refractivity contribution is 4.49.